The molecular formula is C20H20ClF3N4O4. The van der Waals surface area contributed by atoms with Gasteiger partial charge in [-0.05, 0) is 36.8 Å². The van der Waals surface area contributed by atoms with Crippen LogP contribution in [0.25, 0.3) is 5.65 Å². The maximum absolute atomic E-state index is 13.7. The van der Waals surface area contributed by atoms with Gasteiger partial charge in [0.05, 0.1) is 24.3 Å². The molecule has 2 aromatic rings. The Morgan fingerprint density at radius 3 is 2.59 bits per heavy atom. The molecule has 2 atom stereocenters. The van der Waals surface area contributed by atoms with E-state index in [0.29, 0.717) is 18.5 Å². The van der Waals surface area contributed by atoms with Gasteiger partial charge in [-0.1, -0.05) is 11.6 Å². The van der Waals surface area contributed by atoms with E-state index in [1.165, 1.54) is 16.0 Å². The number of likely N-dealkylation sites (tertiary alicyclic amines) is 1. The van der Waals surface area contributed by atoms with Crippen molar-refractivity contribution in [2.45, 2.75) is 43.5 Å². The highest BCUT2D eigenvalue weighted by atomic mass is 35.5. The summed E-state index contributed by atoms with van der Waals surface area (Å²) in [6.07, 6.45) is -2.78. The fraction of sp³-hybridized carbons (Fsp3) is 0.550. The number of rotatable bonds is 3. The van der Waals surface area contributed by atoms with Gasteiger partial charge in [-0.3, -0.25) is 14.1 Å². The first-order valence-electron chi connectivity index (χ1n) is 10.3. The van der Waals surface area contributed by atoms with Crippen molar-refractivity contribution >= 4 is 29.2 Å². The molecule has 1 unspecified atom stereocenters. The highest BCUT2D eigenvalue weighted by molar-refractivity contribution is 6.33. The number of aliphatic hydroxyl groups excluding tert-OH is 1. The zero-order valence-corrected chi connectivity index (χ0v) is 17.6. The van der Waals surface area contributed by atoms with E-state index in [2.05, 4.69) is 4.98 Å². The molecule has 12 heteroatoms. The standard InChI is InChI=1S/C20H20ClF3N4O4/c21-16-15(18(30)26-4-3-13(14(29)9-26)27-5-6-32-19(27)31)25-17-12(20(22,23)24)7-11(8-28(16)17)10-1-2-10/h7-8,10,13-14,29H,1-6,9H2/t13?,14-/m1/s1. The van der Waals surface area contributed by atoms with Gasteiger partial charge in [0.15, 0.2) is 11.3 Å². The molecule has 5 rings (SSSR count). The number of ether oxygens (including phenoxy) is 1. The van der Waals surface area contributed by atoms with Gasteiger partial charge in [-0.2, -0.15) is 13.2 Å². The molecule has 0 bridgehead atoms. The van der Waals surface area contributed by atoms with Crippen molar-refractivity contribution in [2.75, 3.05) is 26.2 Å². The Morgan fingerprint density at radius 1 is 1.25 bits per heavy atom. The second-order valence-electron chi connectivity index (χ2n) is 8.39. The number of β-amino-alcohol motifs (C(OH)–C–C–N with tert-alkyl or cyclic N) is 1. The number of hydrogen-bond acceptors (Lipinski definition) is 5. The maximum Gasteiger partial charge on any atom is 0.419 e. The molecule has 32 heavy (non-hydrogen) atoms. The first-order chi connectivity index (χ1) is 15.1. The molecule has 2 aliphatic heterocycles. The van der Waals surface area contributed by atoms with Crippen molar-refractivity contribution in [1.82, 2.24) is 19.2 Å². The molecule has 4 heterocycles. The topological polar surface area (TPSA) is 87.4 Å². The molecule has 0 aromatic carbocycles. The van der Waals surface area contributed by atoms with E-state index in [1.807, 2.05) is 0 Å². The molecule has 0 spiro atoms. The van der Waals surface area contributed by atoms with E-state index in [0.717, 1.165) is 23.3 Å². The van der Waals surface area contributed by atoms with Crippen LogP contribution in [-0.2, 0) is 10.9 Å². The van der Waals surface area contributed by atoms with E-state index >= 15 is 0 Å². The minimum absolute atomic E-state index is 0.0459. The normalized spacial score (nSPS) is 24.3. The number of fused-ring (bicyclic) bond motifs is 1. The van der Waals surface area contributed by atoms with Crippen LogP contribution >= 0.6 is 11.6 Å². The molecule has 3 aliphatic rings. The SMILES string of the molecule is O=C(c1nc2c(C(F)(F)F)cc(C3CC3)cn2c1Cl)N1CCC(N2CCOC2=O)[C@H](O)C1. The van der Waals surface area contributed by atoms with Crippen LogP contribution in [0.4, 0.5) is 18.0 Å². The summed E-state index contributed by atoms with van der Waals surface area (Å²) in [6.45, 7) is 0.688. The fourth-order valence-electron chi connectivity index (χ4n) is 4.45. The number of pyridine rings is 1. The number of carbonyl (C=O) groups excluding carboxylic acids is 2. The van der Waals surface area contributed by atoms with Crippen LogP contribution < -0.4 is 0 Å². The summed E-state index contributed by atoms with van der Waals surface area (Å²) in [5.74, 6) is -0.620. The van der Waals surface area contributed by atoms with Crippen molar-refractivity contribution in [2.24, 2.45) is 0 Å². The average Bonchev–Trinajstić information content (AvgIpc) is 3.43. The molecular weight excluding hydrogens is 453 g/mol. The summed E-state index contributed by atoms with van der Waals surface area (Å²) < 4.78 is 47.1. The summed E-state index contributed by atoms with van der Waals surface area (Å²) in [5, 5.41) is 10.3. The number of alkyl halides is 3. The van der Waals surface area contributed by atoms with Gasteiger partial charge < -0.3 is 14.7 Å². The third kappa shape index (κ3) is 3.57. The summed E-state index contributed by atoms with van der Waals surface area (Å²) in [5.41, 5.74) is -1.15. The van der Waals surface area contributed by atoms with E-state index in [1.54, 1.807) is 0 Å². The predicted molar refractivity (Wildman–Crippen MR) is 106 cm³/mol. The van der Waals surface area contributed by atoms with Crippen molar-refractivity contribution in [3.63, 3.8) is 0 Å². The molecule has 1 aliphatic carbocycles. The highest BCUT2D eigenvalue weighted by Gasteiger charge is 2.41. The molecule has 172 valence electrons. The molecule has 8 nitrogen and oxygen atoms in total. The van der Waals surface area contributed by atoms with E-state index in [9.17, 15) is 27.9 Å². The van der Waals surface area contributed by atoms with Gasteiger partial charge in [-0.15, -0.1) is 0 Å². The van der Waals surface area contributed by atoms with E-state index in [4.69, 9.17) is 16.3 Å². The third-order valence-electron chi connectivity index (χ3n) is 6.27. The van der Waals surface area contributed by atoms with Crippen LogP contribution in [-0.4, -0.2) is 74.7 Å². The second-order valence-corrected chi connectivity index (χ2v) is 8.74. The maximum atomic E-state index is 13.7. The number of carbonyl (C=O) groups is 2. The smallest absolute Gasteiger partial charge is 0.419 e. The van der Waals surface area contributed by atoms with Crippen LogP contribution in [0.5, 0.6) is 0 Å². The largest absolute Gasteiger partial charge is 0.448 e. The first-order valence-corrected chi connectivity index (χ1v) is 10.7. The number of imidazole rings is 1. The monoisotopic (exact) mass is 472 g/mol. The molecule has 1 N–H and O–H groups in total. The molecule has 2 amide bonds. The molecule has 1 saturated carbocycles. The molecule has 0 radical (unpaired) electrons. The summed E-state index contributed by atoms with van der Waals surface area (Å²) in [6, 6.07) is 0.582. The Hall–Kier alpha value is -2.53. The number of nitrogens with zero attached hydrogens (tertiary/aromatic N) is 4. The zero-order chi connectivity index (χ0) is 22.8. The Bertz CT molecular complexity index is 1100. The number of aromatic nitrogens is 2. The van der Waals surface area contributed by atoms with Crippen molar-refractivity contribution in [1.29, 1.82) is 0 Å². The predicted octanol–water partition coefficient (Wildman–Crippen LogP) is 2.91. The number of halogens is 4. The zero-order valence-electron chi connectivity index (χ0n) is 16.8. The van der Waals surface area contributed by atoms with Crippen LogP contribution in [0.15, 0.2) is 12.3 Å². The second kappa shape index (κ2) is 7.51. The van der Waals surface area contributed by atoms with Gasteiger partial charge in [0.1, 0.15) is 11.8 Å². The lowest BCUT2D eigenvalue weighted by molar-refractivity contribution is -0.136. The van der Waals surface area contributed by atoms with Crippen LogP contribution in [0.3, 0.4) is 0 Å². The molecule has 2 aromatic heterocycles. The Kier molecular flexibility index (Phi) is 5.01. The van der Waals surface area contributed by atoms with Crippen LogP contribution in [0.2, 0.25) is 5.15 Å². The van der Waals surface area contributed by atoms with Crippen molar-refractivity contribution < 1.29 is 32.6 Å². The fourth-order valence-corrected chi connectivity index (χ4v) is 4.70. The van der Waals surface area contributed by atoms with Crippen molar-refractivity contribution in [3.8, 4) is 0 Å². The Labute approximate surface area is 185 Å². The minimum atomic E-state index is -4.65. The summed E-state index contributed by atoms with van der Waals surface area (Å²) in [7, 11) is 0. The Morgan fingerprint density at radius 2 is 2.00 bits per heavy atom. The number of hydrogen-bond donors (Lipinski definition) is 1. The van der Waals surface area contributed by atoms with Gasteiger partial charge in [-0.25, -0.2) is 9.78 Å². The summed E-state index contributed by atoms with van der Waals surface area (Å²) in [4.78, 5) is 31.6. The van der Waals surface area contributed by atoms with Gasteiger partial charge in [0.25, 0.3) is 5.91 Å². The van der Waals surface area contributed by atoms with E-state index in [-0.39, 0.29) is 36.5 Å². The number of amides is 2. The average molecular weight is 473 g/mol. The summed E-state index contributed by atoms with van der Waals surface area (Å²) >= 11 is 6.33. The number of piperidine rings is 1. The lowest BCUT2D eigenvalue weighted by Crippen LogP contribution is -2.55. The number of aliphatic hydroxyl groups is 1. The quantitative estimate of drug-likeness (QED) is 0.742. The van der Waals surface area contributed by atoms with Crippen LogP contribution in [0.1, 0.15) is 46.8 Å². The van der Waals surface area contributed by atoms with Gasteiger partial charge in [0, 0.05) is 19.3 Å². The lowest BCUT2D eigenvalue weighted by Gasteiger charge is -2.38. The minimum Gasteiger partial charge on any atom is -0.448 e. The van der Waals surface area contributed by atoms with Crippen molar-refractivity contribution in [3.05, 3.63) is 34.2 Å². The highest BCUT2D eigenvalue weighted by Crippen LogP contribution is 2.43. The van der Waals surface area contributed by atoms with Crippen LogP contribution in [0, 0.1) is 0 Å². The van der Waals surface area contributed by atoms with Gasteiger partial charge >= 0.3 is 12.3 Å². The Balaban J connectivity index is 1.44. The first kappa shape index (κ1) is 21.3. The molecule has 2 saturated heterocycles. The van der Waals surface area contributed by atoms with Gasteiger partial charge in [0.2, 0.25) is 0 Å². The lowest BCUT2D eigenvalue weighted by atomic mass is 10.00. The number of cyclic esters (lactones) is 1. The molecule has 3 fully saturated rings. The third-order valence-corrected chi connectivity index (χ3v) is 6.63. The van der Waals surface area contributed by atoms with E-state index < -0.39 is 41.5 Å².